The summed E-state index contributed by atoms with van der Waals surface area (Å²) in [5, 5.41) is 5.43. The molecule has 0 unspecified atom stereocenters. The summed E-state index contributed by atoms with van der Waals surface area (Å²) in [6, 6.07) is 8.09. The third-order valence-corrected chi connectivity index (χ3v) is 4.28. The number of benzene rings is 2. The van der Waals surface area contributed by atoms with Crippen LogP contribution >= 0.6 is 11.6 Å². The second kappa shape index (κ2) is 9.32. The molecule has 3 amide bonds. The normalized spacial score (nSPS) is 10.4. The highest BCUT2D eigenvalue weighted by Crippen LogP contribution is 2.20. The summed E-state index contributed by atoms with van der Waals surface area (Å²) in [7, 11) is 1.51. The van der Waals surface area contributed by atoms with E-state index >= 15 is 0 Å². The summed E-state index contributed by atoms with van der Waals surface area (Å²) in [5.41, 5.74) is 0.888. The molecule has 0 atom stereocenters. The molecule has 0 fully saturated rings. The molecule has 0 saturated heterocycles. The molecule has 0 aliphatic rings. The van der Waals surface area contributed by atoms with E-state index in [1.54, 1.807) is 13.0 Å². The zero-order chi connectivity index (χ0) is 20.0. The monoisotopic (exact) mass is 395 g/mol. The first-order valence-electron chi connectivity index (χ1n) is 8.25. The predicted octanol–water partition coefficient (Wildman–Crippen LogP) is 3.50. The van der Waals surface area contributed by atoms with Crippen LogP contribution in [-0.4, -0.2) is 37.0 Å². The molecule has 2 N–H and O–H groups in total. The number of aryl methyl sites for hydroxylation is 1. The quantitative estimate of drug-likeness (QED) is 0.735. The number of halogens is 3. The lowest BCUT2D eigenvalue weighted by molar-refractivity contribution is 0.0953. The van der Waals surface area contributed by atoms with E-state index in [-0.39, 0.29) is 35.8 Å². The third-order valence-electron chi connectivity index (χ3n) is 3.92. The standard InChI is InChI=1S/C19H20ClF2N3O2/c1-12-6-7-13(10-17(12)22)18(26)23-8-9-24-19(27)25(2)11-14-15(20)4-3-5-16(14)21/h3-7,10H,8-9,11H2,1-2H3,(H,23,26)(H,24,27). The number of urea groups is 1. The molecule has 8 heteroatoms. The Morgan fingerprint density at radius 3 is 2.44 bits per heavy atom. The lowest BCUT2D eigenvalue weighted by Gasteiger charge is -2.19. The number of hydrogen-bond acceptors (Lipinski definition) is 2. The van der Waals surface area contributed by atoms with Crippen LogP contribution in [0, 0.1) is 18.6 Å². The van der Waals surface area contributed by atoms with Crippen LogP contribution < -0.4 is 10.6 Å². The fourth-order valence-corrected chi connectivity index (χ4v) is 2.53. The summed E-state index contributed by atoms with van der Waals surface area (Å²) < 4.78 is 27.2. The Balaban J connectivity index is 1.78. The largest absolute Gasteiger partial charge is 0.350 e. The number of hydrogen-bond donors (Lipinski definition) is 2. The van der Waals surface area contributed by atoms with E-state index in [1.807, 2.05) is 0 Å². The van der Waals surface area contributed by atoms with Crippen LogP contribution in [0.4, 0.5) is 13.6 Å². The minimum atomic E-state index is -0.486. The van der Waals surface area contributed by atoms with Gasteiger partial charge in [-0.3, -0.25) is 4.79 Å². The Morgan fingerprint density at radius 2 is 1.78 bits per heavy atom. The van der Waals surface area contributed by atoms with Crippen LogP contribution in [0.1, 0.15) is 21.5 Å². The van der Waals surface area contributed by atoms with Gasteiger partial charge in [-0.05, 0) is 36.8 Å². The summed E-state index contributed by atoms with van der Waals surface area (Å²) >= 11 is 5.95. The van der Waals surface area contributed by atoms with Crippen LogP contribution in [0.3, 0.4) is 0 Å². The molecule has 27 heavy (non-hydrogen) atoms. The van der Waals surface area contributed by atoms with Gasteiger partial charge in [0.25, 0.3) is 5.91 Å². The van der Waals surface area contributed by atoms with Gasteiger partial charge in [0, 0.05) is 36.3 Å². The van der Waals surface area contributed by atoms with E-state index < -0.39 is 23.6 Å². The van der Waals surface area contributed by atoms with Gasteiger partial charge < -0.3 is 15.5 Å². The van der Waals surface area contributed by atoms with Gasteiger partial charge in [-0.2, -0.15) is 0 Å². The van der Waals surface area contributed by atoms with Crippen LogP contribution in [-0.2, 0) is 6.54 Å². The minimum absolute atomic E-state index is 0.00629. The smallest absolute Gasteiger partial charge is 0.317 e. The molecule has 5 nitrogen and oxygen atoms in total. The third kappa shape index (κ3) is 5.65. The molecule has 0 aromatic heterocycles. The maximum atomic E-state index is 13.8. The first-order chi connectivity index (χ1) is 12.8. The number of nitrogens with one attached hydrogen (secondary N) is 2. The molecule has 0 saturated carbocycles. The van der Waals surface area contributed by atoms with Crippen molar-refractivity contribution in [2.24, 2.45) is 0 Å². The lowest BCUT2D eigenvalue weighted by atomic mass is 10.1. The second-order valence-corrected chi connectivity index (χ2v) is 6.42. The van der Waals surface area contributed by atoms with E-state index in [4.69, 9.17) is 11.6 Å². The zero-order valence-electron chi connectivity index (χ0n) is 15.0. The first kappa shape index (κ1) is 20.6. The van der Waals surface area contributed by atoms with Crippen LogP contribution in [0.15, 0.2) is 36.4 Å². The molecule has 0 bridgehead atoms. The van der Waals surface area contributed by atoms with Gasteiger partial charge in [0.1, 0.15) is 11.6 Å². The van der Waals surface area contributed by atoms with E-state index in [1.165, 1.54) is 36.2 Å². The molecule has 2 aromatic rings. The van der Waals surface area contributed by atoms with Crippen molar-refractivity contribution in [2.75, 3.05) is 20.1 Å². The Morgan fingerprint density at radius 1 is 1.07 bits per heavy atom. The summed E-state index contributed by atoms with van der Waals surface area (Å²) in [6.07, 6.45) is 0. The summed E-state index contributed by atoms with van der Waals surface area (Å²) in [6.45, 7) is 1.94. The SMILES string of the molecule is Cc1ccc(C(=O)NCCNC(=O)N(C)Cc2c(F)cccc2Cl)cc1F. The average Bonchev–Trinajstić information content (AvgIpc) is 2.63. The highest BCUT2D eigenvalue weighted by Gasteiger charge is 2.14. The van der Waals surface area contributed by atoms with Gasteiger partial charge in [-0.1, -0.05) is 23.7 Å². The molecule has 2 aromatic carbocycles. The Bertz CT molecular complexity index is 825. The highest BCUT2D eigenvalue weighted by molar-refractivity contribution is 6.31. The minimum Gasteiger partial charge on any atom is -0.350 e. The summed E-state index contributed by atoms with van der Waals surface area (Å²) in [4.78, 5) is 25.3. The van der Waals surface area contributed by atoms with Crippen molar-refractivity contribution in [2.45, 2.75) is 13.5 Å². The van der Waals surface area contributed by atoms with E-state index in [2.05, 4.69) is 10.6 Å². The van der Waals surface area contributed by atoms with E-state index in [0.717, 1.165) is 6.07 Å². The topological polar surface area (TPSA) is 61.4 Å². The van der Waals surface area contributed by atoms with Gasteiger partial charge in [0.2, 0.25) is 0 Å². The highest BCUT2D eigenvalue weighted by atomic mass is 35.5. The molecule has 0 spiro atoms. The average molecular weight is 396 g/mol. The van der Waals surface area contributed by atoms with Gasteiger partial charge >= 0.3 is 6.03 Å². The number of carbonyl (C=O) groups excluding carboxylic acids is 2. The van der Waals surface area contributed by atoms with Gasteiger partial charge in [0.05, 0.1) is 6.54 Å². The second-order valence-electron chi connectivity index (χ2n) is 6.01. The summed E-state index contributed by atoms with van der Waals surface area (Å²) in [5.74, 6) is -1.38. The number of nitrogens with zero attached hydrogens (tertiary/aromatic N) is 1. The van der Waals surface area contributed by atoms with Crippen molar-refractivity contribution in [1.82, 2.24) is 15.5 Å². The molecule has 0 aliphatic carbocycles. The van der Waals surface area contributed by atoms with Crippen molar-refractivity contribution >= 4 is 23.5 Å². The maximum Gasteiger partial charge on any atom is 0.317 e. The zero-order valence-corrected chi connectivity index (χ0v) is 15.7. The Kier molecular flexibility index (Phi) is 7.12. The molecule has 2 rings (SSSR count). The van der Waals surface area contributed by atoms with Gasteiger partial charge in [-0.15, -0.1) is 0 Å². The van der Waals surface area contributed by atoms with Crippen molar-refractivity contribution in [1.29, 1.82) is 0 Å². The fraction of sp³-hybridized carbons (Fsp3) is 0.263. The van der Waals surface area contributed by atoms with Crippen LogP contribution in [0.2, 0.25) is 5.02 Å². The molecule has 0 radical (unpaired) electrons. The predicted molar refractivity (Wildman–Crippen MR) is 99.7 cm³/mol. The Hall–Kier alpha value is -2.67. The van der Waals surface area contributed by atoms with Crippen molar-refractivity contribution in [3.63, 3.8) is 0 Å². The van der Waals surface area contributed by atoms with E-state index in [0.29, 0.717) is 5.56 Å². The van der Waals surface area contributed by atoms with E-state index in [9.17, 15) is 18.4 Å². The number of rotatable bonds is 6. The molecule has 144 valence electrons. The molecular weight excluding hydrogens is 376 g/mol. The van der Waals surface area contributed by atoms with Gasteiger partial charge in [0.15, 0.2) is 0 Å². The Labute approximate surface area is 161 Å². The number of amides is 3. The van der Waals surface area contributed by atoms with Crippen LogP contribution in [0.25, 0.3) is 0 Å². The van der Waals surface area contributed by atoms with Crippen molar-refractivity contribution in [3.8, 4) is 0 Å². The van der Waals surface area contributed by atoms with Crippen molar-refractivity contribution in [3.05, 3.63) is 69.7 Å². The molecule has 0 heterocycles. The first-order valence-corrected chi connectivity index (χ1v) is 8.63. The fourth-order valence-electron chi connectivity index (χ4n) is 2.31. The maximum absolute atomic E-state index is 13.8. The van der Waals surface area contributed by atoms with Gasteiger partial charge in [-0.25, -0.2) is 13.6 Å². The molecule has 0 aliphatic heterocycles. The molecular formula is C19H20ClF2N3O2. The van der Waals surface area contributed by atoms with Crippen molar-refractivity contribution < 1.29 is 18.4 Å². The lowest BCUT2D eigenvalue weighted by Crippen LogP contribution is -2.41. The number of carbonyl (C=O) groups is 2. The van der Waals surface area contributed by atoms with Crippen LogP contribution in [0.5, 0.6) is 0 Å².